The minimum atomic E-state index is -4.42. The lowest BCUT2D eigenvalue weighted by Gasteiger charge is -2.09. The molecule has 0 aliphatic carbocycles. The molecule has 12 heteroatoms. The van der Waals surface area contributed by atoms with Crippen molar-refractivity contribution in [2.24, 2.45) is 0 Å². The number of benzene rings is 2. The summed E-state index contributed by atoms with van der Waals surface area (Å²) in [5.74, 6) is 1.10. The van der Waals surface area contributed by atoms with Gasteiger partial charge in [-0.05, 0) is 36.4 Å². The summed E-state index contributed by atoms with van der Waals surface area (Å²) < 4.78 is 60.4. The highest BCUT2D eigenvalue weighted by Gasteiger charge is 2.26. The van der Waals surface area contributed by atoms with Gasteiger partial charge in [0.1, 0.15) is 23.6 Å². The summed E-state index contributed by atoms with van der Waals surface area (Å²) in [5.41, 5.74) is 0. The average molecular weight is 424 g/mol. The van der Waals surface area contributed by atoms with Crippen molar-refractivity contribution in [1.82, 2.24) is 18.5 Å². The maximum atomic E-state index is 12.3. The van der Waals surface area contributed by atoms with Gasteiger partial charge in [0.05, 0.1) is 0 Å². The molecule has 0 spiro atoms. The van der Waals surface area contributed by atoms with Gasteiger partial charge in [-0.3, -0.25) is 0 Å². The third-order valence-electron chi connectivity index (χ3n) is 3.38. The fourth-order valence-corrected chi connectivity index (χ4v) is 3.52. The van der Waals surface area contributed by atoms with Crippen LogP contribution in [0.1, 0.15) is 0 Å². The number of para-hydroxylation sites is 1. The molecule has 0 N–H and O–H groups in total. The zero-order valence-corrected chi connectivity index (χ0v) is 16.5. The molecule has 0 fully saturated rings. The van der Waals surface area contributed by atoms with Crippen LogP contribution in [0.5, 0.6) is 17.2 Å². The van der Waals surface area contributed by atoms with Gasteiger partial charge in [0.25, 0.3) is 0 Å². The Morgan fingerprint density at radius 2 is 1.43 bits per heavy atom. The van der Waals surface area contributed by atoms with Crippen LogP contribution in [0.25, 0.3) is 0 Å². The molecule has 0 saturated heterocycles. The molecule has 0 saturated carbocycles. The van der Waals surface area contributed by atoms with Crippen molar-refractivity contribution in [3.63, 3.8) is 0 Å². The zero-order valence-electron chi connectivity index (χ0n) is 14.8. The molecule has 2 aromatic carbocycles. The third kappa shape index (κ3) is 4.30. The molecule has 0 radical (unpaired) electrons. The molecule has 3 aromatic rings. The predicted octanol–water partition coefficient (Wildman–Crippen LogP) is 1.49. The monoisotopic (exact) mass is 424 g/mol. The zero-order chi connectivity index (χ0) is 20.4. The Hall–Kier alpha value is -2.96. The SMILES string of the molecule is CN(C)S(=O)(=O)n1cnc(S(=O)(=O)Oc2ccc(Oc3ccccc3)cc2)n1. The van der Waals surface area contributed by atoms with Crippen molar-refractivity contribution in [3.8, 4) is 17.2 Å². The van der Waals surface area contributed by atoms with Gasteiger partial charge in [0.2, 0.25) is 0 Å². The van der Waals surface area contributed by atoms with Crippen LogP contribution >= 0.6 is 0 Å². The molecule has 0 aliphatic heterocycles. The van der Waals surface area contributed by atoms with Crippen molar-refractivity contribution >= 4 is 20.3 Å². The van der Waals surface area contributed by atoms with E-state index < -0.39 is 25.5 Å². The van der Waals surface area contributed by atoms with Crippen LogP contribution in [-0.2, 0) is 20.3 Å². The maximum Gasteiger partial charge on any atom is 0.377 e. The topological polar surface area (TPSA) is 121 Å². The Kier molecular flexibility index (Phi) is 5.36. The lowest BCUT2D eigenvalue weighted by Crippen LogP contribution is -2.29. The van der Waals surface area contributed by atoms with Gasteiger partial charge < -0.3 is 8.92 Å². The Labute approximate surface area is 162 Å². The van der Waals surface area contributed by atoms with E-state index in [0.717, 1.165) is 10.6 Å². The van der Waals surface area contributed by atoms with E-state index >= 15 is 0 Å². The molecule has 28 heavy (non-hydrogen) atoms. The molecule has 3 rings (SSSR count). The Bertz CT molecular complexity index is 1160. The largest absolute Gasteiger partial charge is 0.457 e. The quantitative estimate of drug-likeness (QED) is 0.523. The summed E-state index contributed by atoms with van der Waals surface area (Å²) in [5, 5.41) is 2.71. The molecular formula is C16H16N4O6S2. The molecule has 1 aromatic heterocycles. The average Bonchev–Trinajstić information content (AvgIpc) is 3.16. The first-order chi connectivity index (χ1) is 13.2. The van der Waals surface area contributed by atoms with Crippen molar-refractivity contribution in [2.75, 3.05) is 14.1 Å². The number of rotatable bonds is 7. The minimum absolute atomic E-state index is 0.00720. The molecule has 1 heterocycles. The second-order valence-electron chi connectivity index (χ2n) is 5.61. The maximum absolute atomic E-state index is 12.3. The molecule has 0 amide bonds. The van der Waals surface area contributed by atoms with Gasteiger partial charge in [0, 0.05) is 14.1 Å². The summed E-state index contributed by atoms with van der Waals surface area (Å²) in [4.78, 5) is 3.51. The number of nitrogens with zero attached hydrogens (tertiary/aromatic N) is 4. The summed E-state index contributed by atoms with van der Waals surface area (Å²) in [6.45, 7) is 0. The smallest absolute Gasteiger partial charge is 0.377 e. The molecule has 0 bridgehead atoms. The van der Waals surface area contributed by atoms with E-state index in [1.807, 2.05) is 18.2 Å². The highest BCUT2D eigenvalue weighted by molar-refractivity contribution is 7.87. The van der Waals surface area contributed by atoms with Crippen molar-refractivity contribution in [3.05, 3.63) is 60.9 Å². The van der Waals surface area contributed by atoms with Crippen LogP contribution < -0.4 is 8.92 Å². The number of hydrogen-bond acceptors (Lipinski definition) is 8. The van der Waals surface area contributed by atoms with Crippen molar-refractivity contribution in [1.29, 1.82) is 0 Å². The van der Waals surface area contributed by atoms with Gasteiger partial charge >= 0.3 is 25.5 Å². The number of hydrogen-bond donors (Lipinski definition) is 0. The fourth-order valence-electron chi connectivity index (χ4n) is 1.98. The van der Waals surface area contributed by atoms with E-state index in [0.29, 0.717) is 15.6 Å². The summed E-state index contributed by atoms with van der Waals surface area (Å²) in [6, 6.07) is 14.9. The van der Waals surface area contributed by atoms with Crippen LogP contribution in [0.15, 0.2) is 66.1 Å². The Morgan fingerprint density at radius 1 is 0.857 bits per heavy atom. The first-order valence-corrected chi connectivity index (χ1v) is 10.6. The molecule has 148 valence electrons. The van der Waals surface area contributed by atoms with Crippen LogP contribution in [-0.4, -0.2) is 49.4 Å². The van der Waals surface area contributed by atoms with Crippen LogP contribution in [0.2, 0.25) is 0 Å². The lowest BCUT2D eigenvalue weighted by atomic mass is 10.3. The molecule has 0 atom stereocenters. The van der Waals surface area contributed by atoms with Crippen LogP contribution in [0.3, 0.4) is 0 Å². The van der Waals surface area contributed by atoms with Crippen LogP contribution in [0, 0.1) is 0 Å². The normalized spacial score (nSPS) is 12.1. The lowest BCUT2D eigenvalue weighted by molar-refractivity contribution is 0.469. The first-order valence-electron chi connectivity index (χ1n) is 7.81. The Morgan fingerprint density at radius 3 is 2.04 bits per heavy atom. The summed E-state index contributed by atoms with van der Waals surface area (Å²) in [6.07, 6.45) is 0.780. The van der Waals surface area contributed by atoms with Crippen molar-refractivity contribution < 1.29 is 25.8 Å². The van der Waals surface area contributed by atoms with E-state index in [9.17, 15) is 16.8 Å². The number of ether oxygens (including phenoxy) is 1. The highest BCUT2D eigenvalue weighted by Crippen LogP contribution is 2.25. The number of aromatic nitrogens is 3. The van der Waals surface area contributed by atoms with E-state index in [1.54, 1.807) is 12.1 Å². The summed E-state index contributed by atoms with van der Waals surface area (Å²) >= 11 is 0. The third-order valence-corrected chi connectivity index (χ3v) is 6.00. The molecule has 10 nitrogen and oxygen atoms in total. The van der Waals surface area contributed by atoms with Gasteiger partial charge in [-0.25, -0.2) is 4.98 Å². The Balaban J connectivity index is 1.75. The molecular weight excluding hydrogens is 408 g/mol. The van der Waals surface area contributed by atoms with Gasteiger partial charge in [0.15, 0.2) is 0 Å². The highest BCUT2D eigenvalue weighted by atomic mass is 32.2. The first kappa shape index (κ1) is 19.8. The van der Waals surface area contributed by atoms with Gasteiger partial charge in [-0.1, -0.05) is 18.2 Å². The summed E-state index contributed by atoms with van der Waals surface area (Å²) in [7, 11) is -5.84. The van der Waals surface area contributed by atoms with E-state index in [1.165, 1.54) is 38.4 Å². The minimum Gasteiger partial charge on any atom is -0.457 e. The van der Waals surface area contributed by atoms with E-state index in [4.69, 9.17) is 8.92 Å². The predicted molar refractivity (Wildman–Crippen MR) is 98.8 cm³/mol. The molecule has 0 unspecified atom stereocenters. The van der Waals surface area contributed by atoms with E-state index in [-0.39, 0.29) is 5.75 Å². The van der Waals surface area contributed by atoms with Crippen molar-refractivity contribution in [2.45, 2.75) is 5.16 Å². The van der Waals surface area contributed by atoms with Gasteiger partial charge in [-0.2, -0.15) is 21.1 Å². The fraction of sp³-hybridized carbons (Fsp3) is 0.125. The molecule has 0 aliphatic rings. The second-order valence-corrected chi connectivity index (χ2v) is 9.05. The van der Waals surface area contributed by atoms with Crippen LogP contribution in [0.4, 0.5) is 0 Å². The van der Waals surface area contributed by atoms with E-state index in [2.05, 4.69) is 10.1 Å². The van der Waals surface area contributed by atoms with Gasteiger partial charge in [-0.15, -0.1) is 9.19 Å². The standard InChI is InChI=1S/C16H16N4O6S2/c1-19(2)28(23,24)20-12-17-16(18-20)27(21,22)26-15-10-8-14(9-11-15)25-13-6-4-3-5-7-13/h3-12H,1-2H3. The second kappa shape index (κ2) is 7.58.